The fourth-order valence-electron chi connectivity index (χ4n) is 10.1. The van der Waals surface area contributed by atoms with Gasteiger partial charge in [-0.3, -0.25) is 24.1 Å². The van der Waals surface area contributed by atoms with Crippen molar-refractivity contribution in [3.05, 3.63) is 79.7 Å². The van der Waals surface area contributed by atoms with E-state index in [4.69, 9.17) is 37.7 Å². The van der Waals surface area contributed by atoms with Crippen LogP contribution < -0.4 is 31.1 Å². The van der Waals surface area contributed by atoms with Crippen LogP contribution in [0.5, 0.6) is 5.75 Å². The van der Waals surface area contributed by atoms with Crippen molar-refractivity contribution in [2.24, 2.45) is 0 Å². The lowest BCUT2D eigenvalue weighted by atomic mass is 9.79. The largest absolute Gasteiger partial charge is 0.478 e. The quantitative estimate of drug-likeness (QED) is 0.140. The lowest BCUT2D eigenvalue weighted by Gasteiger charge is -2.47. The van der Waals surface area contributed by atoms with Crippen molar-refractivity contribution in [2.75, 3.05) is 50.1 Å². The molecule has 4 fully saturated rings. The van der Waals surface area contributed by atoms with Gasteiger partial charge in [0.1, 0.15) is 11.3 Å². The fraction of sp³-hybridized carbons (Fsp3) is 0.522. The number of likely N-dealkylation sites (N-methyl/N-ethyl adjacent to an activating group) is 1. The topological polar surface area (TPSA) is 183 Å². The summed E-state index contributed by atoms with van der Waals surface area (Å²) in [5, 5.41) is 20.7. The predicted molar refractivity (Wildman–Crippen MR) is 244 cm³/mol. The van der Waals surface area contributed by atoms with Crippen LogP contribution in [0, 0.1) is 0 Å². The van der Waals surface area contributed by atoms with Crippen molar-refractivity contribution in [2.45, 2.75) is 114 Å². The number of fused-ring (bicyclic) bond motifs is 2. The van der Waals surface area contributed by atoms with Gasteiger partial charge in [0.05, 0.1) is 30.0 Å². The fourth-order valence-corrected chi connectivity index (χ4v) is 10.6. The van der Waals surface area contributed by atoms with Gasteiger partial charge in [-0.1, -0.05) is 29.3 Å². The zero-order valence-electron chi connectivity index (χ0n) is 36.3. The number of aromatic nitrogens is 3. The number of amides is 3. The second-order valence-electron chi connectivity index (χ2n) is 18.0. The number of rotatable bonds is 12. The highest BCUT2D eigenvalue weighted by molar-refractivity contribution is 6.33. The van der Waals surface area contributed by atoms with E-state index in [1.54, 1.807) is 21.7 Å². The maximum absolute atomic E-state index is 13.3. The number of carbonyl (C=O) groups excluding carboxylic acids is 3. The highest BCUT2D eigenvalue weighted by Gasteiger charge is 2.42. The lowest BCUT2D eigenvalue weighted by molar-refractivity contribution is -0.129. The second kappa shape index (κ2) is 18.5. The molecule has 0 spiro atoms. The number of pyridine rings is 1. The first kappa shape index (κ1) is 44.2. The number of nitrogens with zero attached hydrogens (tertiary/aromatic N) is 6. The summed E-state index contributed by atoms with van der Waals surface area (Å²) in [6, 6.07) is 11.1. The van der Waals surface area contributed by atoms with Crippen LogP contribution in [0.15, 0.2) is 47.4 Å². The van der Waals surface area contributed by atoms with Crippen molar-refractivity contribution in [1.29, 1.82) is 0 Å². The Labute approximate surface area is 381 Å². The maximum Gasteiger partial charge on any atom is 0.293 e. The third-order valence-electron chi connectivity index (χ3n) is 13.6. The molecule has 6 heterocycles. The van der Waals surface area contributed by atoms with Crippen LogP contribution in [0.25, 0.3) is 10.9 Å². The molecular weight excluding hydrogens is 861 g/mol. The Bertz CT molecular complexity index is 2500. The number of benzene rings is 2. The summed E-state index contributed by atoms with van der Waals surface area (Å²) < 4.78 is 13.9. The number of ether oxygens (including phenoxy) is 2. The Morgan fingerprint density at radius 2 is 1.75 bits per heavy atom. The Hall–Kier alpha value is -5.00. The van der Waals surface area contributed by atoms with Crippen molar-refractivity contribution in [3.8, 4) is 5.75 Å². The van der Waals surface area contributed by atoms with Crippen molar-refractivity contribution < 1.29 is 29.0 Å². The summed E-state index contributed by atoms with van der Waals surface area (Å²) in [4.78, 5) is 65.9. The molecule has 5 aliphatic rings. The van der Waals surface area contributed by atoms with Gasteiger partial charge >= 0.3 is 0 Å². The first-order valence-corrected chi connectivity index (χ1v) is 23.2. The smallest absolute Gasteiger partial charge is 0.293 e. The Morgan fingerprint density at radius 1 is 0.984 bits per heavy atom. The minimum absolute atomic E-state index is 0.0932. The molecule has 1 aliphatic carbocycles. The number of carbonyl (C=O) groups is 3. The van der Waals surface area contributed by atoms with E-state index >= 15 is 0 Å². The van der Waals surface area contributed by atoms with Gasteiger partial charge in [-0.15, -0.1) is 0 Å². The monoisotopic (exact) mass is 915 g/mol. The number of likely N-dealkylation sites (tertiary alicyclic amines) is 1. The third kappa shape index (κ3) is 8.86. The predicted octanol–water partition coefficient (Wildman–Crippen LogP) is 5.50. The molecule has 3 amide bonds. The molecule has 4 N–H and O–H groups in total. The summed E-state index contributed by atoms with van der Waals surface area (Å²) in [5.41, 5.74) is 3.67. The highest BCUT2D eigenvalue weighted by atomic mass is 35.5. The van der Waals surface area contributed by atoms with Crippen LogP contribution in [0.1, 0.15) is 98.7 Å². The summed E-state index contributed by atoms with van der Waals surface area (Å²) in [7, 11) is 1.51. The molecule has 2 aromatic heterocycles. The van der Waals surface area contributed by atoms with E-state index in [0.717, 1.165) is 86.7 Å². The number of nitrogens with one attached hydrogen (secondary N) is 3. The number of anilines is 3. The molecule has 1 saturated carbocycles. The molecular formula is C46H55Cl2N9O7. The molecule has 9 rings (SSSR count). The molecule has 16 nitrogen and oxygen atoms in total. The van der Waals surface area contributed by atoms with Gasteiger partial charge in [-0.2, -0.15) is 4.98 Å². The van der Waals surface area contributed by atoms with Gasteiger partial charge in [0.15, 0.2) is 18.2 Å². The average molecular weight is 917 g/mol. The van der Waals surface area contributed by atoms with Crippen LogP contribution in [-0.2, 0) is 20.9 Å². The lowest BCUT2D eigenvalue weighted by Crippen LogP contribution is -2.58. The maximum atomic E-state index is 13.3. The molecule has 2 atom stereocenters. The zero-order valence-corrected chi connectivity index (χ0v) is 37.8. The molecule has 0 radical (unpaired) electrons. The van der Waals surface area contributed by atoms with Crippen LogP contribution >= 0.6 is 23.2 Å². The SMILES string of the molecule is CNC(=O)COc1cc2cc(Nc3nc(N4CCC(OC5CN([C@H]6CC[C@H](c7ccc8c(c7Cl)CN(C7CCC(=O)NC7O)C8=O)CC6)C5)CC4)ncc3Cl)ccc2n(C(C)C)c1=O. The van der Waals surface area contributed by atoms with Crippen molar-refractivity contribution in [3.63, 3.8) is 0 Å². The summed E-state index contributed by atoms with van der Waals surface area (Å²) in [6.07, 6.45) is 7.57. The number of piperidine rings is 2. The van der Waals surface area contributed by atoms with E-state index in [2.05, 4.69) is 30.7 Å². The molecule has 340 valence electrons. The van der Waals surface area contributed by atoms with Gasteiger partial charge in [-0.05, 0) is 101 Å². The number of hydrogen-bond donors (Lipinski definition) is 4. The Morgan fingerprint density at radius 3 is 2.47 bits per heavy atom. The van der Waals surface area contributed by atoms with E-state index in [-0.39, 0.29) is 60.3 Å². The Kier molecular flexibility index (Phi) is 12.8. The molecule has 2 unspecified atom stereocenters. The number of aliphatic hydroxyl groups is 1. The van der Waals surface area contributed by atoms with Gasteiger partial charge in [-0.25, -0.2) is 4.98 Å². The van der Waals surface area contributed by atoms with Gasteiger partial charge in [0, 0.05) is 85.5 Å². The van der Waals surface area contributed by atoms with E-state index in [1.165, 1.54) is 7.05 Å². The third-order valence-corrected chi connectivity index (χ3v) is 14.3. The van der Waals surface area contributed by atoms with Gasteiger partial charge < -0.3 is 44.9 Å². The first-order valence-electron chi connectivity index (χ1n) is 22.4. The second-order valence-corrected chi connectivity index (χ2v) is 18.7. The van der Waals surface area contributed by atoms with E-state index < -0.39 is 12.3 Å². The van der Waals surface area contributed by atoms with Crippen LogP contribution in [0.4, 0.5) is 17.5 Å². The van der Waals surface area contributed by atoms with Gasteiger partial charge in [0.25, 0.3) is 17.4 Å². The number of halogens is 2. The summed E-state index contributed by atoms with van der Waals surface area (Å²) in [5.74, 6) is 0.796. The van der Waals surface area contributed by atoms with Crippen LogP contribution in [0.3, 0.4) is 0 Å². The van der Waals surface area contributed by atoms with E-state index in [9.17, 15) is 24.3 Å². The number of hydrogen-bond acceptors (Lipinski definition) is 12. The van der Waals surface area contributed by atoms with Crippen molar-refractivity contribution in [1.82, 2.24) is 35.0 Å². The van der Waals surface area contributed by atoms with Gasteiger partial charge in [0.2, 0.25) is 11.9 Å². The Balaban J connectivity index is 0.746. The molecule has 3 saturated heterocycles. The highest BCUT2D eigenvalue weighted by Crippen LogP contribution is 2.43. The minimum atomic E-state index is -1.08. The first-order chi connectivity index (χ1) is 30.8. The number of aliphatic hydroxyl groups excluding tert-OH is 1. The molecule has 64 heavy (non-hydrogen) atoms. The zero-order chi connectivity index (χ0) is 44.8. The average Bonchev–Trinajstić information content (AvgIpc) is 3.61. The summed E-state index contributed by atoms with van der Waals surface area (Å²) >= 11 is 13.6. The van der Waals surface area contributed by atoms with Crippen molar-refractivity contribution >= 4 is 69.3 Å². The normalized spacial score (nSPS) is 23.3. The molecule has 0 bridgehead atoms. The molecule has 18 heteroatoms. The standard InChI is InChI=1S/C46H55Cl2N9O7/c1-25(2)57-36-11-6-28(18-27(36)19-38(45(57)62)63-24-40(59)49-3)51-42-35(47)20-50-46(53-42)54-16-14-30(15-17-54)64-31-21-55(22-31)29-7-4-26(5-8-29)32-9-10-33-34(41(32)48)23-56(44(33)61)37-12-13-39(58)52-43(37)60/h6,9-11,18-20,25-26,29-31,37,43,60H,4-5,7-8,12-17,21-24H2,1-3H3,(H,49,59)(H,52,58)(H,50,51,53)/t26-,29-,37?,43?. The van der Waals surface area contributed by atoms with E-state index in [0.29, 0.717) is 58.0 Å². The molecule has 4 aromatic rings. The van der Waals surface area contributed by atoms with Crippen LogP contribution in [0.2, 0.25) is 10.0 Å². The minimum Gasteiger partial charge on any atom is -0.478 e. The van der Waals surface area contributed by atoms with E-state index in [1.807, 2.05) is 44.2 Å². The molecule has 4 aliphatic heterocycles. The molecule has 2 aromatic carbocycles. The van der Waals surface area contributed by atoms with Crippen LogP contribution in [-0.4, -0.2) is 118 Å². The summed E-state index contributed by atoms with van der Waals surface area (Å²) in [6.45, 7) is 7.31.